The first kappa shape index (κ1) is 11.9. The summed E-state index contributed by atoms with van der Waals surface area (Å²) in [6.45, 7) is 2.06. The van der Waals surface area contributed by atoms with Gasteiger partial charge < -0.3 is 5.11 Å². The number of fused-ring (bicyclic) bond motifs is 1. The van der Waals surface area contributed by atoms with Crippen LogP contribution in [0.1, 0.15) is 46.1 Å². The minimum atomic E-state index is -0.461. The Morgan fingerprint density at radius 2 is 1.89 bits per heavy atom. The molecule has 0 radical (unpaired) electrons. The number of aliphatic hydroxyl groups excluding tert-OH is 1. The number of thiophene rings is 1. The van der Waals surface area contributed by atoms with E-state index in [4.69, 9.17) is 0 Å². The number of aryl methyl sites for hydroxylation is 3. The van der Waals surface area contributed by atoms with Crippen LogP contribution in [0.15, 0.2) is 29.6 Å². The van der Waals surface area contributed by atoms with Gasteiger partial charge in [0.25, 0.3) is 0 Å². The van der Waals surface area contributed by atoms with E-state index in [0.717, 1.165) is 10.4 Å². The SMILES string of the molecule is Cc1ccsc1C(O)c1ccc2c(c1)CCCC2. The molecule has 1 atom stereocenters. The number of aliphatic hydroxyl groups is 1. The molecule has 18 heavy (non-hydrogen) atoms. The summed E-state index contributed by atoms with van der Waals surface area (Å²) >= 11 is 1.64. The van der Waals surface area contributed by atoms with Crippen molar-refractivity contribution < 1.29 is 5.11 Å². The Morgan fingerprint density at radius 1 is 1.11 bits per heavy atom. The number of rotatable bonds is 2. The van der Waals surface area contributed by atoms with Gasteiger partial charge >= 0.3 is 0 Å². The van der Waals surface area contributed by atoms with E-state index < -0.39 is 6.10 Å². The summed E-state index contributed by atoms with van der Waals surface area (Å²) in [5.74, 6) is 0. The maximum atomic E-state index is 10.5. The zero-order valence-corrected chi connectivity index (χ0v) is 11.5. The fourth-order valence-electron chi connectivity index (χ4n) is 2.74. The summed E-state index contributed by atoms with van der Waals surface area (Å²) in [4.78, 5) is 1.07. The molecule has 1 N–H and O–H groups in total. The molecular formula is C16H18OS. The van der Waals surface area contributed by atoms with E-state index in [1.54, 1.807) is 11.3 Å². The molecule has 0 saturated carbocycles. The van der Waals surface area contributed by atoms with Crippen LogP contribution in [0.3, 0.4) is 0 Å². The minimum Gasteiger partial charge on any atom is -0.383 e. The highest BCUT2D eigenvalue weighted by Gasteiger charge is 2.17. The van der Waals surface area contributed by atoms with Gasteiger partial charge in [-0.15, -0.1) is 11.3 Å². The molecule has 0 spiro atoms. The summed E-state index contributed by atoms with van der Waals surface area (Å²) in [5, 5.41) is 12.5. The van der Waals surface area contributed by atoms with Gasteiger partial charge in [-0.25, -0.2) is 0 Å². The van der Waals surface area contributed by atoms with Gasteiger partial charge in [0.05, 0.1) is 0 Å². The lowest BCUT2D eigenvalue weighted by atomic mass is 9.89. The standard InChI is InChI=1S/C16H18OS/c1-11-8-9-18-16(11)15(17)14-7-6-12-4-2-3-5-13(12)10-14/h6-10,15,17H,2-5H2,1H3. The summed E-state index contributed by atoms with van der Waals surface area (Å²) < 4.78 is 0. The van der Waals surface area contributed by atoms with E-state index in [0.29, 0.717) is 0 Å². The van der Waals surface area contributed by atoms with E-state index >= 15 is 0 Å². The molecule has 1 heterocycles. The van der Waals surface area contributed by atoms with Crippen LogP contribution in [-0.4, -0.2) is 5.11 Å². The Morgan fingerprint density at radius 3 is 2.61 bits per heavy atom. The zero-order valence-electron chi connectivity index (χ0n) is 10.6. The first-order valence-corrected chi connectivity index (χ1v) is 7.47. The van der Waals surface area contributed by atoms with Gasteiger partial charge in [-0.3, -0.25) is 0 Å². The smallest absolute Gasteiger partial charge is 0.113 e. The van der Waals surface area contributed by atoms with Gasteiger partial charge in [0.2, 0.25) is 0 Å². The molecule has 1 nitrogen and oxygen atoms in total. The van der Waals surface area contributed by atoms with E-state index in [1.165, 1.54) is 42.4 Å². The topological polar surface area (TPSA) is 20.2 Å². The molecule has 94 valence electrons. The summed E-state index contributed by atoms with van der Waals surface area (Å²) in [7, 11) is 0. The summed E-state index contributed by atoms with van der Waals surface area (Å²) in [5.41, 5.74) is 5.14. The highest BCUT2D eigenvalue weighted by Crippen LogP contribution is 2.31. The van der Waals surface area contributed by atoms with Crippen molar-refractivity contribution in [2.45, 2.75) is 38.7 Å². The molecule has 0 bridgehead atoms. The van der Waals surface area contributed by atoms with E-state index in [-0.39, 0.29) is 0 Å². The molecule has 2 aromatic rings. The average molecular weight is 258 g/mol. The molecule has 3 rings (SSSR count). The van der Waals surface area contributed by atoms with E-state index in [9.17, 15) is 5.11 Å². The van der Waals surface area contributed by atoms with Gasteiger partial charge in [-0.05, 0) is 66.3 Å². The van der Waals surface area contributed by atoms with Crippen LogP contribution in [0.4, 0.5) is 0 Å². The second kappa shape index (κ2) is 4.87. The highest BCUT2D eigenvalue weighted by molar-refractivity contribution is 7.10. The lowest BCUT2D eigenvalue weighted by Gasteiger charge is -2.18. The Balaban J connectivity index is 1.95. The Bertz CT molecular complexity index is 556. The fourth-order valence-corrected chi connectivity index (χ4v) is 3.68. The molecule has 0 saturated heterocycles. The maximum Gasteiger partial charge on any atom is 0.113 e. The second-order valence-corrected chi connectivity index (χ2v) is 6.05. The lowest BCUT2D eigenvalue weighted by Crippen LogP contribution is -2.06. The van der Waals surface area contributed by atoms with Gasteiger partial charge in [0.1, 0.15) is 6.10 Å². The third-order valence-corrected chi connectivity index (χ3v) is 4.91. The summed E-state index contributed by atoms with van der Waals surface area (Å²) in [6, 6.07) is 8.57. The zero-order chi connectivity index (χ0) is 12.5. The first-order valence-electron chi connectivity index (χ1n) is 6.59. The van der Waals surface area contributed by atoms with Crippen LogP contribution in [0, 0.1) is 6.92 Å². The van der Waals surface area contributed by atoms with Gasteiger partial charge in [0.15, 0.2) is 0 Å². The van der Waals surface area contributed by atoms with Crippen molar-refractivity contribution in [1.82, 2.24) is 0 Å². The van der Waals surface area contributed by atoms with Crippen LogP contribution < -0.4 is 0 Å². The Labute approximate surface area is 112 Å². The largest absolute Gasteiger partial charge is 0.383 e. The van der Waals surface area contributed by atoms with Crippen molar-refractivity contribution in [2.24, 2.45) is 0 Å². The number of benzene rings is 1. The molecule has 0 amide bonds. The molecule has 1 aliphatic carbocycles. The molecule has 0 fully saturated rings. The van der Waals surface area contributed by atoms with E-state index in [1.807, 2.05) is 5.38 Å². The quantitative estimate of drug-likeness (QED) is 0.862. The van der Waals surface area contributed by atoms with Crippen molar-refractivity contribution in [3.8, 4) is 0 Å². The fraction of sp³-hybridized carbons (Fsp3) is 0.375. The van der Waals surface area contributed by atoms with Crippen molar-refractivity contribution in [3.63, 3.8) is 0 Å². The number of hydrogen-bond acceptors (Lipinski definition) is 2. The van der Waals surface area contributed by atoms with Gasteiger partial charge in [-0.1, -0.05) is 18.2 Å². The van der Waals surface area contributed by atoms with Crippen molar-refractivity contribution in [1.29, 1.82) is 0 Å². The molecule has 1 aromatic heterocycles. The Kier molecular flexibility index (Phi) is 3.23. The van der Waals surface area contributed by atoms with Crippen LogP contribution in [0.25, 0.3) is 0 Å². The van der Waals surface area contributed by atoms with Crippen molar-refractivity contribution >= 4 is 11.3 Å². The van der Waals surface area contributed by atoms with Gasteiger partial charge in [0, 0.05) is 4.88 Å². The lowest BCUT2D eigenvalue weighted by molar-refractivity contribution is 0.223. The normalized spacial score (nSPS) is 16.3. The molecular weight excluding hydrogens is 240 g/mol. The summed E-state index contributed by atoms with van der Waals surface area (Å²) in [6.07, 6.45) is 4.49. The number of hydrogen-bond donors (Lipinski definition) is 1. The van der Waals surface area contributed by atoms with Crippen molar-refractivity contribution in [2.75, 3.05) is 0 Å². The molecule has 0 aliphatic heterocycles. The minimum absolute atomic E-state index is 0.461. The third kappa shape index (κ3) is 2.11. The predicted molar refractivity (Wildman–Crippen MR) is 76.2 cm³/mol. The monoisotopic (exact) mass is 258 g/mol. The molecule has 1 aliphatic rings. The maximum absolute atomic E-state index is 10.5. The predicted octanol–water partition coefficient (Wildman–Crippen LogP) is 4.02. The van der Waals surface area contributed by atoms with Crippen LogP contribution >= 0.6 is 11.3 Å². The first-order chi connectivity index (χ1) is 8.75. The Hall–Kier alpha value is -1.12. The second-order valence-electron chi connectivity index (χ2n) is 5.11. The highest BCUT2D eigenvalue weighted by atomic mass is 32.1. The third-order valence-electron chi connectivity index (χ3n) is 3.84. The van der Waals surface area contributed by atoms with Crippen LogP contribution in [0.2, 0.25) is 0 Å². The molecule has 2 heteroatoms. The van der Waals surface area contributed by atoms with E-state index in [2.05, 4.69) is 31.2 Å². The van der Waals surface area contributed by atoms with Crippen LogP contribution in [0.5, 0.6) is 0 Å². The molecule has 1 unspecified atom stereocenters. The molecule has 1 aromatic carbocycles. The van der Waals surface area contributed by atoms with Crippen molar-refractivity contribution in [3.05, 3.63) is 56.8 Å². The average Bonchev–Trinajstić information content (AvgIpc) is 2.83. The van der Waals surface area contributed by atoms with Gasteiger partial charge in [-0.2, -0.15) is 0 Å². The van der Waals surface area contributed by atoms with Crippen LogP contribution in [-0.2, 0) is 12.8 Å².